The minimum Gasteiger partial charge on any atom is -0.478 e. The van der Waals surface area contributed by atoms with E-state index in [1.165, 1.54) is 12.1 Å². The van der Waals surface area contributed by atoms with Gasteiger partial charge in [0, 0.05) is 89.6 Å². The van der Waals surface area contributed by atoms with Crippen LogP contribution in [0.3, 0.4) is 0 Å². The molecule has 1 N–H and O–H groups in total. The van der Waals surface area contributed by atoms with Crippen LogP contribution in [0, 0.1) is 11.3 Å². The normalized spacial score (nSPS) is 14.2. The van der Waals surface area contributed by atoms with E-state index in [1.54, 1.807) is 60.7 Å². The lowest BCUT2D eigenvalue weighted by atomic mass is 9.77. The maximum absolute atomic E-state index is 13.7. The minimum atomic E-state index is -4.51. The van der Waals surface area contributed by atoms with Crippen LogP contribution < -0.4 is 23.5 Å². The zero-order valence-electron chi connectivity index (χ0n) is 41.6. The summed E-state index contributed by atoms with van der Waals surface area (Å²) in [5.74, 6) is -0.557. The zero-order valence-corrected chi connectivity index (χ0v) is 41.6. The fraction of sp³-hybridized carbons (Fsp3) is 0.145. The maximum Gasteiger partial charge on any atom is 0.416 e. The van der Waals surface area contributed by atoms with Crippen LogP contribution in [-0.4, -0.2) is 43.1 Å². The first-order chi connectivity index (χ1) is 37.8. The van der Waals surface area contributed by atoms with Gasteiger partial charge in [-0.3, -0.25) is 9.59 Å². The molecular weight excluding hydrogens is 1000 g/mol. The molecule has 1 unspecified atom stereocenters. The summed E-state index contributed by atoms with van der Waals surface area (Å²) in [5.41, 5.74) is 6.25. The highest BCUT2D eigenvalue weighted by Gasteiger charge is 2.53. The summed E-state index contributed by atoms with van der Waals surface area (Å²) in [6, 6.07) is 45.1. The lowest BCUT2D eigenvalue weighted by Gasteiger charge is -2.37. The van der Waals surface area contributed by atoms with E-state index >= 15 is 0 Å². The number of ether oxygens (including phenoxy) is 4. The van der Waals surface area contributed by atoms with Crippen LogP contribution in [0.25, 0.3) is 22.5 Å². The predicted octanol–water partition coefficient (Wildman–Crippen LogP) is 11.1. The number of aryl methyl sites for hydroxylation is 1. The second-order valence-corrected chi connectivity index (χ2v) is 18.6. The fourth-order valence-electron chi connectivity index (χ4n) is 10.1. The Hall–Kier alpha value is -9.88. The van der Waals surface area contributed by atoms with E-state index in [9.17, 15) is 42.7 Å². The Labute approximate surface area is 445 Å². The second kappa shape index (κ2) is 22.1. The van der Waals surface area contributed by atoms with Gasteiger partial charge >= 0.3 is 18.1 Å². The van der Waals surface area contributed by atoms with Gasteiger partial charge in [0.25, 0.3) is 12.9 Å². The summed E-state index contributed by atoms with van der Waals surface area (Å²) in [5, 5.41) is 19.7. The molecule has 8 aromatic rings. The first-order valence-electron chi connectivity index (χ1n) is 24.9. The van der Waals surface area contributed by atoms with E-state index < -0.39 is 29.3 Å². The number of rotatable bonds is 19. The van der Waals surface area contributed by atoms with Crippen molar-refractivity contribution in [3.8, 4) is 45.8 Å². The van der Waals surface area contributed by atoms with Gasteiger partial charge in [-0.2, -0.15) is 27.6 Å². The number of aromatic carboxylic acids is 1. The van der Waals surface area contributed by atoms with Crippen molar-refractivity contribution in [2.75, 3.05) is 18.0 Å². The van der Waals surface area contributed by atoms with Crippen molar-refractivity contribution >= 4 is 30.6 Å². The van der Waals surface area contributed by atoms with Crippen LogP contribution in [0.1, 0.15) is 78.9 Å². The smallest absolute Gasteiger partial charge is 0.416 e. The fourth-order valence-corrected chi connectivity index (χ4v) is 10.1. The van der Waals surface area contributed by atoms with Crippen molar-refractivity contribution in [2.24, 2.45) is 0 Å². The quantitative estimate of drug-likeness (QED) is 0.0205. The number of alkyl halides is 3. The molecule has 4 heterocycles. The third kappa shape index (κ3) is 10.7. The molecule has 2 aliphatic heterocycles. The van der Waals surface area contributed by atoms with Crippen LogP contribution in [-0.2, 0) is 43.7 Å². The molecule has 1 atom stereocenters. The topological polar surface area (TPSA) is 160 Å². The molecule has 0 radical (unpaired) electrons. The van der Waals surface area contributed by atoms with Crippen molar-refractivity contribution in [1.82, 2.24) is 0 Å². The van der Waals surface area contributed by atoms with Crippen LogP contribution in [0.4, 0.5) is 18.9 Å². The molecule has 388 valence electrons. The van der Waals surface area contributed by atoms with Crippen molar-refractivity contribution in [2.45, 2.75) is 43.9 Å². The number of pyridine rings is 2. The number of carboxylic acids is 1. The molecule has 0 amide bonds. The van der Waals surface area contributed by atoms with Crippen molar-refractivity contribution < 1.29 is 65.5 Å². The van der Waals surface area contributed by atoms with Crippen LogP contribution in [0.2, 0.25) is 0 Å². The number of anilines is 1. The third-order valence-corrected chi connectivity index (χ3v) is 13.9. The number of hydrogen-bond donors (Lipinski definition) is 1. The molecule has 0 fully saturated rings. The zero-order chi connectivity index (χ0) is 54.4. The van der Waals surface area contributed by atoms with Gasteiger partial charge in [0.15, 0.2) is 30.4 Å². The number of nitrogens with zero attached hydrogens (tertiary/aromatic N) is 4. The lowest BCUT2D eigenvalue weighted by Crippen LogP contribution is -2.33. The van der Waals surface area contributed by atoms with E-state index in [2.05, 4.69) is 0 Å². The molecule has 10 rings (SSSR count). The van der Waals surface area contributed by atoms with Gasteiger partial charge in [-0.05, 0) is 115 Å². The first kappa shape index (κ1) is 51.6. The summed E-state index contributed by atoms with van der Waals surface area (Å²) in [7, 11) is 0. The highest BCUT2D eigenvalue weighted by atomic mass is 19.4. The number of unbranched alkanes of at least 4 members (excludes halogenated alkanes) is 2. The Morgan fingerprint density at radius 1 is 0.731 bits per heavy atom. The Balaban J connectivity index is 0.879. The van der Waals surface area contributed by atoms with E-state index in [0.29, 0.717) is 95.0 Å². The molecule has 0 bridgehead atoms. The van der Waals surface area contributed by atoms with E-state index in [4.69, 9.17) is 18.9 Å². The Morgan fingerprint density at radius 2 is 1.47 bits per heavy atom. The molecule has 2 aromatic heterocycles. The Kier molecular flexibility index (Phi) is 14.6. The van der Waals surface area contributed by atoms with Gasteiger partial charge < -0.3 is 29.0 Å². The Bertz CT molecular complexity index is 3670. The Morgan fingerprint density at radius 3 is 2.19 bits per heavy atom. The average Bonchev–Trinajstić information content (AvgIpc) is 3.64. The number of allylic oxidation sites excluding steroid dienone is 1. The predicted molar refractivity (Wildman–Crippen MR) is 278 cm³/mol. The average molecular weight is 1050 g/mol. The molecule has 16 heteroatoms. The number of fused-ring (bicyclic) bond motifs is 6. The number of aromatic nitrogens is 2. The number of hydrogen-bond acceptors (Lipinski definition) is 10. The number of carboxylic acid groups (broad SMARTS) is 1. The van der Waals surface area contributed by atoms with Gasteiger partial charge in [-0.1, -0.05) is 48.9 Å². The molecule has 1 spiro atoms. The molecule has 2 aliphatic rings. The maximum atomic E-state index is 13.7. The molecule has 0 saturated carbocycles. The van der Waals surface area contributed by atoms with Gasteiger partial charge in [0.1, 0.15) is 23.3 Å². The second-order valence-electron chi connectivity index (χ2n) is 18.6. The first-order valence-corrected chi connectivity index (χ1v) is 24.9. The van der Waals surface area contributed by atoms with E-state index in [-0.39, 0.29) is 30.8 Å². The number of carbonyl (C=O) groups is 4. The standard InChI is InChI=1S/C62H46F3N4O9/c63-62(64,65)47-9-6-7-41(34-47)33-42-12-21-57-55(35-42)61(53-11-4-3-10-52(53)60(74)78-61)54-19-16-49(37-58(54)77-57)67(32-26-51(38-66)76-40-71)27-5-1-2-8-45-36-46(59(72)73)13-20-56(45)69-30-24-44(25-31-69)43-22-28-68(29-23-43)48-14-17-50(18-15-48)75-39-70/h3-4,6-7,9-26,28-31,34-37,39-40H,1-2,5,8,27,32-33H2/q+1/p+1/b51-26-. The monoisotopic (exact) mass is 1050 g/mol. The molecule has 78 heavy (non-hydrogen) atoms. The van der Waals surface area contributed by atoms with E-state index in [0.717, 1.165) is 40.2 Å². The van der Waals surface area contributed by atoms with Gasteiger partial charge in [0.2, 0.25) is 17.1 Å². The molecule has 0 saturated heterocycles. The van der Waals surface area contributed by atoms with Crippen molar-refractivity contribution in [1.29, 1.82) is 5.26 Å². The van der Waals surface area contributed by atoms with Gasteiger partial charge in [-0.15, -0.1) is 0 Å². The number of benzene rings is 6. The molecular formula is C62H47F3N4O9+2. The van der Waals surface area contributed by atoms with E-state index in [1.807, 2.05) is 118 Å². The summed E-state index contributed by atoms with van der Waals surface area (Å²) in [4.78, 5) is 49.8. The summed E-state index contributed by atoms with van der Waals surface area (Å²) >= 11 is 0. The number of halogens is 3. The van der Waals surface area contributed by atoms with Gasteiger partial charge in [-0.25, -0.2) is 9.59 Å². The summed E-state index contributed by atoms with van der Waals surface area (Å²) < 4.78 is 67.8. The number of carbonyl (C=O) groups excluding carboxylic acids is 3. The number of esters is 1. The van der Waals surface area contributed by atoms with Gasteiger partial charge in [0.05, 0.1) is 16.7 Å². The van der Waals surface area contributed by atoms with Crippen LogP contribution >= 0.6 is 0 Å². The van der Waals surface area contributed by atoms with Crippen molar-refractivity contribution in [3.05, 3.63) is 238 Å². The van der Waals surface area contributed by atoms with Crippen LogP contribution in [0.5, 0.6) is 17.2 Å². The van der Waals surface area contributed by atoms with Crippen molar-refractivity contribution in [3.63, 3.8) is 0 Å². The molecule has 0 aliphatic carbocycles. The third-order valence-electron chi connectivity index (χ3n) is 13.9. The van der Waals surface area contributed by atoms with Crippen LogP contribution in [0.15, 0.2) is 188 Å². The molecule has 13 nitrogen and oxygen atoms in total. The molecule has 6 aromatic carbocycles. The largest absolute Gasteiger partial charge is 0.478 e. The summed E-state index contributed by atoms with van der Waals surface area (Å²) in [6.07, 6.45) is 7.55. The lowest BCUT2D eigenvalue weighted by molar-refractivity contribution is -0.596. The minimum absolute atomic E-state index is 0.154. The SMILES string of the molecule is N#C/C(=C/CN(CCCCCc1cc(C(=O)O)ccc1-[n+]1ccc(-c2cc[n+](-c3ccc(OC=O)cc3)cc2)cc1)c1ccc2c(c1)Oc1ccc(Cc3cccc(C(F)(F)F)c3)cc1C21OC(=O)c2ccccc21)OC=O. The number of nitriles is 1. The summed E-state index contributed by atoms with van der Waals surface area (Å²) in [6.45, 7) is 1.19. The highest BCUT2D eigenvalue weighted by Crippen LogP contribution is 2.57. The highest BCUT2D eigenvalue weighted by molar-refractivity contribution is 5.97.